The molecule has 1 heterocycles. The molecule has 0 spiro atoms. The van der Waals surface area contributed by atoms with E-state index in [0.717, 1.165) is 11.4 Å². The minimum absolute atomic E-state index is 0.0284. The quantitative estimate of drug-likeness (QED) is 0.732. The molecule has 2 nitrogen and oxygen atoms in total. The zero-order valence-electron chi connectivity index (χ0n) is 7.63. The lowest BCUT2D eigenvalue weighted by atomic mass is 10.3. The molecule has 1 atom stereocenters. The summed E-state index contributed by atoms with van der Waals surface area (Å²) in [6.45, 7) is 3.75. The molecule has 0 saturated heterocycles. The van der Waals surface area contributed by atoms with Crippen molar-refractivity contribution in [1.29, 1.82) is 0 Å². The molecule has 3 heteroatoms. The molecule has 1 aromatic rings. The van der Waals surface area contributed by atoms with Crippen molar-refractivity contribution in [3.63, 3.8) is 0 Å². The van der Waals surface area contributed by atoms with Gasteiger partial charge in [0.2, 0.25) is 0 Å². The zero-order chi connectivity index (χ0) is 9.84. The van der Waals surface area contributed by atoms with Crippen LogP contribution in [0.5, 0.6) is 0 Å². The number of pyridine rings is 1. The van der Waals surface area contributed by atoms with E-state index in [0.29, 0.717) is 5.02 Å². The van der Waals surface area contributed by atoms with Crippen LogP contribution in [0.25, 0.3) is 0 Å². The van der Waals surface area contributed by atoms with Gasteiger partial charge in [0.05, 0.1) is 22.4 Å². The molecule has 1 N–H and O–H groups in total. The van der Waals surface area contributed by atoms with Gasteiger partial charge in [0.1, 0.15) is 0 Å². The SMILES string of the molecule is C#CC(C)Nc1ccnc(C)c1Cl. The number of aryl methyl sites for hydroxylation is 1. The van der Waals surface area contributed by atoms with Gasteiger partial charge in [-0.1, -0.05) is 17.5 Å². The highest BCUT2D eigenvalue weighted by Crippen LogP contribution is 2.23. The van der Waals surface area contributed by atoms with Crippen molar-refractivity contribution >= 4 is 17.3 Å². The lowest BCUT2D eigenvalue weighted by Gasteiger charge is -2.11. The predicted octanol–water partition coefficient (Wildman–Crippen LogP) is 2.48. The first-order valence-electron chi connectivity index (χ1n) is 3.99. The van der Waals surface area contributed by atoms with Crippen LogP contribution in [0.2, 0.25) is 5.02 Å². The van der Waals surface area contributed by atoms with E-state index in [9.17, 15) is 0 Å². The van der Waals surface area contributed by atoms with Gasteiger partial charge in [0.15, 0.2) is 0 Å². The van der Waals surface area contributed by atoms with Crippen molar-refractivity contribution in [2.45, 2.75) is 19.9 Å². The van der Waals surface area contributed by atoms with Gasteiger partial charge < -0.3 is 5.32 Å². The average Bonchev–Trinajstić information content (AvgIpc) is 2.13. The van der Waals surface area contributed by atoms with E-state index in [1.807, 2.05) is 19.9 Å². The maximum absolute atomic E-state index is 6.00. The number of nitrogens with zero attached hydrogens (tertiary/aromatic N) is 1. The van der Waals surface area contributed by atoms with Crippen LogP contribution in [0.1, 0.15) is 12.6 Å². The Morgan fingerprint density at radius 2 is 2.38 bits per heavy atom. The van der Waals surface area contributed by atoms with E-state index in [-0.39, 0.29) is 6.04 Å². The molecule has 0 radical (unpaired) electrons. The van der Waals surface area contributed by atoms with Gasteiger partial charge in [-0.25, -0.2) is 0 Å². The van der Waals surface area contributed by atoms with Crippen molar-refractivity contribution < 1.29 is 0 Å². The fourth-order valence-corrected chi connectivity index (χ4v) is 1.10. The lowest BCUT2D eigenvalue weighted by Crippen LogP contribution is -2.12. The smallest absolute Gasteiger partial charge is 0.0850 e. The number of hydrogen-bond acceptors (Lipinski definition) is 2. The van der Waals surface area contributed by atoms with E-state index >= 15 is 0 Å². The van der Waals surface area contributed by atoms with E-state index < -0.39 is 0 Å². The maximum Gasteiger partial charge on any atom is 0.0850 e. The van der Waals surface area contributed by atoms with Gasteiger partial charge in [-0.15, -0.1) is 6.42 Å². The number of terminal acetylenes is 1. The summed E-state index contributed by atoms with van der Waals surface area (Å²) in [4.78, 5) is 4.05. The molecule has 1 rings (SSSR count). The molecule has 0 fully saturated rings. The Balaban J connectivity index is 2.90. The summed E-state index contributed by atoms with van der Waals surface area (Å²) in [5, 5.41) is 3.72. The summed E-state index contributed by atoms with van der Waals surface area (Å²) >= 11 is 6.00. The Bertz CT molecular complexity index is 341. The van der Waals surface area contributed by atoms with Crippen molar-refractivity contribution in [1.82, 2.24) is 4.98 Å². The van der Waals surface area contributed by atoms with Gasteiger partial charge in [0.25, 0.3) is 0 Å². The van der Waals surface area contributed by atoms with E-state index in [1.165, 1.54) is 0 Å². The van der Waals surface area contributed by atoms with Crippen LogP contribution >= 0.6 is 11.6 Å². The topological polar surface area (TPSA) is 24.9 Å². The molecule has 0 aliphatic heterocycles. The number of aromatic nitrogens is 1. The maximum atomic E-state index is 6.00. The number of hydrogen-bond donors (Lipinski definition) is 1. The fraction of sp³-hybridized carbons (Fsp3) is 0.300. The minimum atomic E-state index is -0.0284. The standard InChI is InChI=1S/C10H11ClN2/c1-4-7(2)13-9-5-6-12-8(3)10(9)11/h1,5-7H,2-3H3,(H,12,13). The van der Waals surface area contributed by atoms with Crippen molar-refractivity contribution in [3.05, 3.63) is 23.0 Å². The summed E-state index contributed by atoms with van der Waals surface area (Å²) in [6, 6.07) is 1.78. The highest BCUT2D eigenvalue weighted by atomic mass is 35.5. The molecule has 0 aliphatic carbocycles. The molecule has 0 aromatic carbocycles. The minimum Gasteiger partial charge on any atom is -0.371 e. The molecule has 0 amide bonds. The van der Waals surface area contributed by atoms with Crippen LogP contribution in [0.3, 0.4) is 0 Å². The molecule has 13 heavy (non-hydrogen) atoms. The largest absolute Gasteiger partial charge is 0.371 e. The lowest BCUT2D eigenvalue weighted by molar-refractivity contribution is 1.03. The Kier molecular flexibility index (Phi) is 3.16. The highest BCUT2D eigenvalue weighted by molar-refractivity contribution is 6.33. The van der Waals surface area contributed by atoms with Gasteiger partial charge in [0, 0.05) is 6.20 Å². The Labute approximate surface area is 83.3 Å². The number of halogens is 1. The monoisotopic (exact) mass is 194 g/mol. The first-order valence-corrected chi connectivity index (χ1v) is 4.36. The third kappa shape index (κ3) is 2.37. The van der Waals surface area contributed by atoms with E-state index in [1.54, 1.807) is 6.20 Å². The zero-order valence-corrected chi connectivity index (χ0v) is 8.39. The predicted molar refractivity (Wildman–Crippen MR) is 55.9 cm³/mol. The first-order chi connectivity index (χ1) is 6.15. The Hall–Kier alpha value is -1.20. The number of anilines is 1. The second-order valence-corrected chi connectivity index (χ2v) is 3.17. The Morgan fingerprint density at radius 1 is 1.69 bits per heavy atom. The molecule has 0 saturated carbocycles. The summed E-state index contributed by atoms with van der Waals surface area (Å²) in [5.41, 5.74) is 1.63. The highest BCUT2D eigenvalue weighted by Gasteiger charge is 2.04. The van der Waals surface area contributed by atoms with E-state index in [4.69, 9.17) is 18.0 Å². The van der Waals surface area contributed by atoms with Gasteiger partial charge >= 0.3 is 0 Å². The second kappa shape index (κ2) is 4.15. The van der Waals surface area contributed by atoms with Crippen molar-refractivity contribution in [2.24, 2.45) is 0 Å². The first kappa shape index (κ1) is 9.88. The van der Waals surface area contributed by atoms with Crippen LogP contribution in [0.15, 0.2) is 12.3 Å². The van der Waals surface area contributed by atoms with Gasteiger partial charge in [-0.05, 0) is 19.9 Å². The summed E-state index contributed by atoms with van der Waals surface area (Å²) < 4.78 is 0. The Morgan fingerprint density at radius 3 is 3.00 bits per heavy atom. The molecule has 0 aliphatic rings. The van der Waals surface area contributed by atoms with Crippen LogP contribution in [0.4, 0.5) is 5.69 Å². The molecule has 68 valence electrons. The molecular formula is C10H11ClN2. The summed E-state index contributed by atoms with van der Waals surface area (Å²) in [7, 11) is 0. The van der Waals surface area contributed by atoms with Crippen LogP contribution in [0, 0.1) is 19.3 Å². The number of nitrogens with one attached hydrogen (secondary N) is 1. The molecular weight excluding hydrogens is 184 g/mol. The number of rotatable bonds is 2. The second-order valence-electron chi connectivity index (χ2n) is 2.79. The van der Waals surface area contributed by atoms with Crippen LogP contribution in [-0.2, 0) is 0 Å². The summed E-state index contributed by atoms with van der Waals surface area (Å²) in [6.07, 6.45) is 6.94. The third-order valence-electron chi connectivity index (χ3n) is 1.69. The van der Waals surface area contributed by atoms with Crippen molar-refractivity contribution in [2.75, 3.05) is 5.32 Å². The third-order valence-corrected chi connectivity index (χ3v) is 2.16. The van der Waals surface area contributed by atoms with Gasteiger partial charge in [-0.3, -0.25) is 4.98 Å². The molecule has 1 aromatic heterocycles. The average molecular weight is 195 g/mol. The molecule has 0 bridgehead atoms. The molecule has 1 unspecified atom stereocenters. The van der Waals surface area contributed by atoms with Gasteiger partial charge in [-0.2, -0.15) is 0 Å². The van der Waals surface area contributed by atoms with Crippen LogP contribution in [-0.4, -0.2) is 11.0 Å². The summed E-state index contributed by atoms with van der Waals surface area (Å²) in [5.74, 6) is 2.57. The van der Waals surface area contributed by atoms with E-state index in [2.05, 4.69) is 16.2 Å². The van der Waals surface area contributed by atoms with Crippen LogP contribution < -0.4 is 5.32 Å². The fourth-order valence-electron chi connectivity index (χ4n) is 0.935. The van der Waals surface area contributed by atoms with Crippen molar-refractivity contribution in [3.8, 4) is 12.3 Å². The normalized spacial score (nSPS) is 11.8.